The number of aromatic nitrogens is 2. The van der Waals surface area contributed by atoms with E-state index in [-0.39, 0.29) is 5.91 Å². The molecule has 2 N–H and O–H groups in total. The van der Waals surface area contributed by atoms with Crippen LogP contribution in [0.4, 0.5) is 28.4 Å². The lowest BCUT2D eigenvalue weighted by Gasteiger charge is -2.17. The topological polar surface area (TPSA) is 70.2 Å². The number of hydrogen-bond donors (Lipinski definition) is 2. The maximum absolute atomic E-state index is 13.1. The van der Waals surface area contributed by atoms with E-state index < -0.39 is 0 Å². The SMILES string of the molecule is Cc1cc(Nc2cccc(N3Cc4cc(Nc5cc(C)ncc5Cl)ccc4C3=O)c2)ccn1. The third kappa shape index (κ3) is 4.38. The fourth-order valence-electron chi connectivity index (χ4n) is 3.94. The van der Waals surface area contributed by atoms with Gasteiger partial charge in [0.2, 0.25) is 0 Å². The highest BCUT2D eigenvalue weighted by Gasteiger charge is 2.28. The first-order valence-corrected chi connectivity index (χ1v) is 11.0. The fraction of sp³-hybridized carbons (Fsp3) is 0.115. The van der Waals surface area contributed by atoms with E-state index in [1.807, 2.05) is 74.5 Å². The number of anilines is 5. The first kappa shape index (κ1) is 21.0. The summed E-state index contributed by atoms with van der Waals surface area (Å²) in [7, 11) is 0. The summed E-state index contributed by atoms with van der Waals surface area (Å²) in [5, 5.41) is 7.27. The minimum absolute atomic E-state index is 0.00811. The van der Waals surface area contributed by atoms with Crippen LogP contribution in [0.15, 0.2) is 73.1 Å². The van der Waals surface area contributed by atoms with Crippen LogP contribution in [0.3, 0.4) is 0 Å². The number of nitrogens with one attached hydrogen (secondary N) is 2. The molecule has 7 heteroatoms. The predicted octanol–water partition coefficient (Wildman–Crippen LogP) is 6.39. The fourth-order valence-corrected chi connectivity index (χ4v) is 4.09. The number of amides is 1. The van der Waals surface area contributed by atoms with Crippen LogP contribution < -0.4 is 15.5 Å². The molecule has 0 unspecified atom stereocenters. The Balaban J connectivity index is 1.37. The molecule has 1 aliphatic heterocycles. The van der Waals surface area contributed by atoms with Gasteiger partial charge in [0, 0.05) is 52.1 Å². The predicted molar refractivity (Wildman–Crippen MR) is 133 cm³/mol. The van der Waals surface area contributed by atoms with Crippen LogP contribution in [-0.4, -0.2) is 15.9 Å². The van der Waals surface area contributed by atoms with E-state index in [0.29, 0.717) is 17.1 Å². The molecule has 0 atom stereocenters. The lowest BCUT2D eigenvalue weighted by atomic mass is 10.1. The smallest absolute Gasteiger partial charge is 0.258 e. The van der Waals surface area contributed by atoms with Gasteiger partial charge in [0.05, 0.1) is 17.3 Å². The molecule has 0 aliphatic carbocycles. The van der Waals surface area contributed by atoms with Gasteiger partial charge in [-0.1, -0.05) is 17.7 Å². The zero-order valence-electron chi connectivity index (χ0n) is 18.3. The van der Waals surface area contributed by atoms with E-state index in [9.17, 15) is 4.79 Å². The minimum Gasteiger partial charge on any atom is -0.355 e. The molecule has 0 saturated carbocycles. The van der Waals surface area contributed by atoms with Crippen molar-refractivity contribution in [1.82, 2.24) is 9.97 Å². The molecule has 164 valence electrons. The molecular formula is C26H22ClN5O. The van der Waals surface area contributed by atoms with Gasteiger partial charge in [-0.05, 0) is 74.0 Å². The second kappa shape index (κ2) is 8.56. The van der Waals surface area contributed by atoms with Crippen LogP contribution in [0.5, 0.6) is 0 Å². The van der Waals surface area contributed by atoms with E-state index in [0.717, 1.165) is 45.4 Å². The van der Waals surface area contributed by atoms with Gasteiger partial charge in [-0.2, -0.15) is 0 Å². The van der Waals surface area contributed by atoms with E-state index in [4.69, 9.17) is 11.6 Å². The summed E-state index contributed by atoms with van der Waals surface area (Å²) in [6.45, 7) is 4.37. The number of nitrogens with zero attached hydrogens (tertiary/aromatic N) is 3. The van der Waals surface area contributed by atoms with Crippen LogP contribution in [0.1, 0.15) is 27.3 Å². The molecule has 2 aromatic carbocycles. The first-order chi connectivity index (χ1) is 16.0. The lowest BCUT2D eigenvalue weighted by Crippen LogP contribution is -2.22. The normalized spacial score (nSPS) is 12.6. The highest BCUT2D eigenvalue weighted by molar-refractivity contribution is 6.33. The molecule has 0 saturated heterocycles. The summed E-state index contributed by atoms with van der Waals surface area (Å²) >= 11 is 6.27. The Labute approximate surface area is 197 Å². The average molecular weight is 456 g/mol. The van der Waals surface area contributed by atoms with Crippen molar-refractivity contribution in [2.75, 3.05) is 15.5 Å². The molecule has 0 fully saturated rings. The van der Waals surface area contributed by atoms with Gasteiger partial charge in [0.1, 0.15) is 0 Å². The van der Waals surface area contributed by atoms with E-state index in [2.05, 4.69) is 20.6 Å². The number of rotatable bonds is 5. The Kier molecular flexibility index (Phi) is 5.44. The number of pyridine rings is 2. The molecule has 0 radical (unpaired) electrons. The van der Waals surface area contributed by atoms with Crippen molar-refractivity contribution >= 4 is 45.9 Å². The second-order valence-corrected chi connectivity index (χ2v) is 8.46. The Morgan fingerprint density at radius 2 is 1.67 bits per heavy atom. The van der Waals surface area contributed by atoms with Crippen LogP contribution >= 0.6 is 11.6 Å². The first-order valence-electron chi connectivity index (χ1n) is 10.6. The Hall–Kier alpha value is -3.90. The molecule has 0 spiro atoms. The summed E-state index contributed by atoms with van der Waals surface area (Å²) in [4.78, 5) is 23.3. The number of benzene rings is 2. The number of aryl methyl sites for hydroxylation is 2. The molecule has 1 aliphatic rings. The number of fused-ring (bicyclic) bond motifs is 1. The van der Waals surface area contributed by atoms with E-state index in [1.165, 1.54) is 0 Å². The molecule has 0 bridgehead atoms. The van der Waals surface area contributed by atoms with Crippen molar-refractivity contribution < 1.29 is 4.79 Å². The quantitative estimate of drug-likeness (QED) is 0.364. The number of carbonyl (C=O) groups excluding carboxylic acids is 1. The molecule has 3 heterocycles. The maximum atomic E-state index is 13.1. The van der Waals surface area contributed by atoms with Gasteiger partial charge in [0.25, 0.3) is 5.91 Å². The van der Waals surface area contributed by atoms with Crippen LogP contribution in [-0.2, 0) is 6.54 Å². The average Bonchev–Trinajstić information content (AvgIpc) is 3.12. The van der Waals surface area contributed by atoms with Gasteiger partial charge in [-0.25, -0.2) is 0 Å². The maximum Gasteiger partial charge on any atom is 0.258 e. The summed E-state index contributed by atoms with van der Waals surface area (Å²) in [6.07, 6.45) is 3.40. The Morgan fingerprint density at radius 3 is 2.52 bits per heavy atom. The van der Waals surface area contributed by atoms with Crippen molar-refractivity contribution in [3.63, 3.8) is 0 Å². The van der Waals surface area contributed by atoms with E-state index >= 15 is 0 Å². The van der Waals surface area contributed by atoms with Crippen molar-refractivity contribution in [1.29, 1.82) is 0 Å². The molecule has 2 aromatic heterocycles. The van der Waals surface area contributed by atoms with Gasteiger partial charge in [0.15, 0.2) is 0 Å². The molecule has 1 amide bonds. The third-order valence-corrected chi connectivity index (χ3v) is 5.82. The van der Waals surface area contributed by atoms with Crippen LogP contribution in [0.25, 0.3) is 0 Å². The van der Waals surface area contributed by atoms with Crippen LogP contribution in [0, 0.1) is 13.8 Å². The molecular weight excluding hydrogens is 434 g/mol. The summed E-state index contributed by atoms with van der Waals surface area (Å²) < 4.78 is 0. The Bertz CT molecular complexity index is 1370. The molecule has 4 aromatic rings. The minimum atomic E-state index is -0.00811. The summed E-state index contributed by atoms with van der Waals surface area (Å²) in [5.74, 6) is -0.00811. The summed E-state index contributed by atoms with van der Waals surface area (Å²) in [6, 6.07) is 19.4. The zero-order valence-corrected chi connectivity index (χ0v) is 19.0. The standard InChI is InChI=1S/C26H22ClN5O/c1-16-10-21(8-9-28-16)30-19-4-3-5-22(13-19)32-15-18-12-20(6-7-23(18)26(32)33)31-25-11-17(2)29-14-24(25)27/h3-14H,15H2,1-2H3,(H,28,30)(H,29,31). The third-order valence-electron chi connectivity index (χ3n) is 5.52. The monoisotopic (exact) mass is 455 g/mol. The van der Waals surface area contributed by atoms with Crippen molar-refractivity contribution in [3.8, 4) is 0 Å². The molecule has 6 nitrogen and oxygen atoms in total. The van der Waals surface area contributed by atoms with Crippen molar-refractivity contribution in [3.05, 3.63) is 101 Å². The molecule has 33 heavy (non-hydrogen) atoms. The van der Waals surface area contributed by atoms with Crippen molar-refractivity contribution in [2.24, 2.45) is 0 Å². The summed E-state index contributed by atoms with van der Waals surface area (Å²) in [5.41, 5.74) is 7.86. The number of carbonyl (C=O) groups is 1. The second-order valence-electron chi connectivity index (χ2n) is 8.05. The van der Waals surface area contributed by atoms with Gasteiger partial charge < -0.3 is 15.5 Å². The molecule has 5 rings (SSSR count). The van der Waals surface area contributed by atoms with Gasteiger partial charge in [-0.3, -0.25) is 14.8 Å². The highest BCUT2D eigenvalue weighted by Crippen LogP contribution is 2.33. The van der Waals surface area contributed by atoms with Gasteiger partial charge in [-0.15, -0.1) is 0 Å². The zero-order chi connectivity index (χ0) is 22.9. The largest absolute Gasteiger partial charge is 0.355 e. The number of hydrogen-bond acceptors (Lipinski definition) is 5. The van der Waals surface area contributed by atoms with Gasteiger partial charge >= 0.3 is 0 Å². The van der Waals surface area contributed by atoms with E-state index in [1.54, 1.807) is 17.3 Å². The lowest BCUT2D eigenvalue weighted by molar-refractivity contribution is 0.0996. The van der Waals surface area contributed by atoms with Crippen molar-refractivity contribution in [2.45, 2.75) is 20.4 Å². The Morgan fingerprint density at radius 1 is 0.879 bits per heavy atom. The van der Waals surface area contributed by atoms with Crippen LogP contribution in [0.2, 0.25) is 5.02 Å². The number of halogens is 1. The highest BCUT2D eigenvalue weighted by atomic mass is 35.5.